The van der Waals surface area contributed by atoms with Gasteiger partial charge in [-0.3, -0.25) is 0 Å². The molecule has 0 aliphatic carbocycles. The van der Waals surface area contributed by atoms with Crippen molar-refractivity contribution in [2.24, 2.45) is 0 Å². The molecule has 2 heterocycles. The van der Waals surface area contributed by atoms with Gasteiger partial charge in [0.15, 0.2) is 5.71 Å². The van der Waals surface area contributed by atoms with Gasteiger partial charge in [-0.1, -0.05) is 82.0 Å². The van der Waals surface area contributed by atoms with Crippen LogP contribution in [-0.4, -0.2) is 30.0 Å². The molecule has 0 bridgehead atoms. The van der Waals surface area contributed by atoms with E-state index in [0.717, 1.165) is 38.1 Å². The Kier molecular flexibility index (Phi) is 8.45. The van der Waals surface area contributed by atoms with E-state index in [9.17, 15) is 0 Å². The lowest BCUT2D eigenvalue weighted by Gasteiger charge is -2.27. The Hall–Kier alpha value is -3.33. The highest BCUT2D eigenvalue weighted by Crippen LogP contribution is 2.47. The van der Waals surface area contributed by atoms with Gasteiger partial charge >= 0.3 is 0 Å². The average Bonchev–Trinajstić information content (AvgIpc) is 3.24. The van der Waals surface area contributed by atoms with E-state index in [-0.39, 0.29) is 10.8 Å². The average molecular weight is 510 g/mol. The van der Waals surface area contributed by atoms with Crippen LogP contribution >= 0.6 is 0 Å². The Balaban J connectivity index is 1.57. The minimum atomic E-state index is -0.0522. The molecule has 3 heteroatoms. The molecule has 0 spiro atoms. The van der Waals surface area contributed by atoms with Gasteiger partial charge in [-0.15, -0.1) is 0 Å². The van der Waals surface area contributed by atoms with Crippen LogP contribution < -0.4 is 4.90 Å². The first-order chi connectivity index (χ1) is 18.2. The van der Waals surface area contributed by atoms with Crippen molar-refractivity contribution in [1.82, 2.24) is 0 Å². The number of hydrogen-bond acceptors (Lipinski definition) is 2. The van der Waals surface area contributed by atoms with Crippen molar-refractivity contribution in [2.45, 2.75) is 71.6 Å². The zero-order chi connectivity index (χ0) is 27.3. The predicted octanol–water partition coefficient (Wildman–Crippen LogP) is 8.60. The van der Waals surface area contributed by atoms with Crippen LogP contribution in [0.3, 0.4) is 0 Å². The number of rotatable bonds is 11. The van der Waals surface area contributed by atoms with Gasteiger partial charge in [0, 0.05) is 53.9 Å². The maximum atomic E-state index is 5.58. The van der Waals surface area contributed by atoms with Gasteiger partial charge < -0.3 is 9.64 Å². The Bertz CT molecular complexity index is 1290. The molecule has 0 N–H and O–H groups in total. The summed E-state index contributed by atoms with van der Waals surface area (Å²) in [5, 5.41) is 0. The summed E-state index contributed by atoms with van der Waals surface area (Å²) < 4.78 is 8.08. The van der Waals surface area contributed by atoms with Gasteiger partial charge in [-0.05, 0) is 44.9 Å². The fourth-order valence-electron chi connectivity index (χ4n) is 6.06. The first-order valence-corrected chi connectivity index (χ1v) is 14.2. The van der Waals surface area contributed by atoms with E-state index in [2.05, 4.69) is 130 Å². The Morgan fingerprint density at radius 3 is 2.37 bits per heavy atom. The highest BCUT2D eigenvalue weighted by molar-refractivity contribution is 6.03. The summed E-state index contributed by atoms with van der Waals surface area (Å²) in [6.45, 7) is 20.3. The van der Waals surface area contributed by atoms with Crippen molar-refractivity contribution in [3.8, 4) is 0 Å². The van der Waals surface area contributed by atoms with Crippen molar-refractivity contribution in [1.29, 1.82) is 0 Å². The number of fused-ring (bicyclic) bond motifs is 2. The van der Waals surface area contributed by atoms with E-state index in [4.69, 9.17) is 4.74 Å². The number of benzene rings is 2. The first kappa shape index (κ1) is 27.7. The van der Waals surface area contributed by atoms with Crippen LogP contribution in [0.4, 0.5) is 11.4 Å². The van der Waals surface area contributed by atoms with Crippen molar-refractivity contribution >= 4 is 17.1 Å². The van der Waals surface area contributed by atoms with Crippen molar-refractivity contribution in [3.05, 3.63) is 108 Å². The standard InChI is InChI=1S/C35H45N2O/c1-8-25-36-30-21-15-13-19-28(30)34(4,5)32(36)23-11-10-12-24-33-35(6,7)29-20-14-16-22-31(29)37(33)26-17-18-27(3)38-9-2/h10-16,19-24H,3,8-9,17-18,25-26H2,1-2,4-7H3/q+1. The highest BCUT2D eigenvalue weighted by atomic mass is 16.5. The summed E-state index contributed by atoms with van der Waals surface area (Å²) in [7, 11) is 0. The molecule has 2 aromatic carbocycles. The van der Waals surface area contributed by atoms with E-state index in [1.165, 1.54) is 33.9 Å². The second-order valence-corrected chi connectivity index (χ2v) is 11.3. The Labute approximate surface area is 230 Å². The van der Waals surface area contributed by atoms with Crippen LogP contribution in [0.15, 0.2) is 96.9 Å². The zero-order valence-corrected chi connectivity index (χ0v) is 24.3. The Morgan fingerprint density at radius 2 is 1.63 bits per heavy atom. The van der Waals surface area contributed by atoms with Crippen LogP contribution in [-0.2, 0) is 15.6 Å². The second kappa shape index (κ2) is 11.6. The molecule has 0 aromatic heterocycles. The monoisotopic (exact) mass is 509 g/mol. The van der Waals surface area contributed by atoms with Crippen molar-refractivity contribution < 1.29 is 9.31 Å². The molecule has 0 saturated carbocycles. The number of nitrogens with zero attached hydrogens (tertiary/aromatic N) is 2. The molecular formula is C35H45N2O+. The summed E-state index contributed by atoms with van der Waals surface area (Å²) in [5.41, 5.74) is 8.09. The SMILES string of the molecule is C=C(CCCN1/C(=C/C=C/C=C/C2=[N+](CCC)c3ccccc3C2(C)C)C(C)(C)c2ccccc21)OCC. The molecule has 0 radical (unpaired) electrons. The summed E-state index contributed by atoms with van der Waals surface area (Å²) in [4.78, 5) is 2.48. The third-order valence-electron chi connectivity index (χ3n) is 7.96. The molecule has 0 amide bonds. The van der Waals surface area contributed by atoms with Gasteiger partial charge in [0.25, 0.3) is 0 Å². The van der Waals surface area contributed by atoms with Crippen molar-refractivity contribution in [2.75, 3.05) is 24.6 Å². The normalized spacial score (nSPS) is 18.6. The largest absolute Gasteiger partial charge is 0.499 e. The number of hydrogen-bond donors (Lipinski definition) is 0. The van der Waals surface area contributed by atoms with Crippen LogP contribution in [0.2, 0.25) is 0 Å². The van der Waals surface area contributed by atoms with Gasteiger partial charge in [0.1, 0.15) is 6.54 Å². The predicted molar refractivity (Wildman–Crippen MR) is 163 cm³/mol. The molecule has 3 nitrogen and oxygen atoms in total. The number of para-hydroxylation sites is 2. The molecule has 2 aromatic rings. The van der Waals surface area contributed by atoms with E-state index >= 15 is 0 Å². The fourth-order valence-corrected chi connectivity index (χ4v) is 6.06. The third kappa shape index (κ3) is 5.29. The molecular weight excluding hydrogens is 464 g/mol. The van der Waals surface area contributed by atoms with E-state index in [1.54, 1.807) is 0 Å². The molecule has 0 saturated heterocycles. The van der Waals surface area contributed by atoms with Crippen molar-refractivity contribution in [3.63, 3.8) is 0 Å². The van der Waals surface area contributed by atoms with Gasteiger partial charge in [0.2, 0.25) is 5.69 Å². The number of allylic oxidation sites excluding steroid dienone is 7. The molecule has 0 unspecified atom stereocenters. The summed E-state index contributed by atoms with van der Waals surface area (Å²) >= 11 is 0. The summed E-state index contributed by atoms with van der Waals surface area (Å²) in [6, 6.07) is 17.6. The van der Waals surface area contributed by atoms with Gasteiger partial charge in [0.05, 0.1) is 17.8 Å². The van der Waals surface area contributed by atoms with Crippen LogP contribution in [0.5, 0.6) is 0 Å². The van der Waals surface area contributed by atoms with E-state index < -0.39 is 0 Å². The lowest BCUT2D eigenvalue weighted by atomic mass is 9.81. The molecule has 4 rings (SSSR count). The minimum Gasteiger partial charge on any atom is -0.499 e. The van der Waals surface area contributed by atoms with E-state index in [0.29, 0.717) is 6.61 Å². The Morgan fingerprint density at radius 1 is 0.921 bits per heavy atom. The van der Waals surface area contributed by atoms with E-state index in [1.807, 2.05) is 6.92 Å². The third-order valence-corrected chi connectivity index (χ3v) is 7.96. The number of ether oxygens (including phenoxy) is 1. The second-order valence-electron chi connectivity index (χ2n) is 11.3. The molecule has 200 valence electrons. The molecule has 0 atom stereocenters. The molecule has 2 aliphatic rings. The molecule has 38 heavy (non-hydrogen) atoms. The molecule has 2 aliphatic heterocycles. The first-order valence-electron chi connectivity index (χ1n) is 14.2. The smallest absolute Gasteiger partial charge is 0.209 e. The summed E-state index contributed by atoms with van der Waals surface area (Å²) in [5.74, 6) is 0.876. The maximum absolute atomic E-state index is 5.58. The van der Waals surface area contributed by atoms with Crippen LogP contribution in [0, 0.1) is 0 Å². The van der Waals surface area contributed by atoms with Gasteiger partial charge in [-0.2, -0.15) is 4.58 Å². The van der Waals surface area contributed by atoms with Crippen LogP contribution in [0.1, 0.15) is 71.9 Å². The fraction of sp³-hybridized carbons (Fsp3) is 0.400. The summed E-state index contributed by atoms with van der Waals surface area (Å²) in [6.07, 6.45) is 14.2. The van der Waals surface area contributed by atoms with Crippen LogP contribution in [0.25, 0.3) is 0 Å². The number of anilines is 1. The lowest BCUT2D eigenvalue weighted by Crippen LogP contribution is -2.27. The molecule has 0 fully saturated rings. The zero-order valence-electron chi connectivity index (χ0n) is 24.3. The topological polar surface area (TPSA) is 15.5 Å². The lowest BCUT2D eigenvalue weighted by molar-refractivity contribution is -0.437. The quantitative estimate of drug-likeness (QED) is 0.171. The van der Waals surface area contributed by atoms with Gasteiger partial charge in [-0.25, -0.2) is 0 Å². The highest BCUT2D eigenvalue weighted by Gasteiger charge is 2.43. The maximum Gasteiger partial charge on any atom is 0.209 e. The minimum absolute atomic E-state index is 0.00799.